The molecule has 2 heterocycles. The third-order valence-electron chi connectivity index (χ3n) is 6.01. The van der Waals surface area contributed by atoms with Gasteiger partial charge in [0.2, 0.25) is 5.91 Å². The summed E-state index contributed by atoms with van der Waals surface area (Å²) in [4.78, 5) is 20.9. The minimum absolute atomic E-state index is 0.204. The van der Waals surface area contributed by atoms with Crippen molar-refractivity contribution < 1.29 is 9.69 Å². The minimum atomic E-state index is 0.204. The second-order valence-electron chi connectivity index (χ2n) is 7.81. The molecular weight excluding hydrogens is 392 g/mol. The molecule has 0 unspecified atom stereocenters. The Morgan fingerprint density at radius 3 is 2.37 bits per heavy atom. The fraction of sp³-hybridized carbons (Fsp3) is 0.333. The number of aromatic nitrogens is 2. The van der Waals surface area contributed by atoms with Gasteiger partial charge in [-0.05, 0) is 12.5 Å². The van der Waals surface area contributed by atoms with Gasteiger partial charge in [-0.15, -0.1) is 0 Å². The Hall–Kier alpha value is -2.57. The Balaban J connectivity index is 1.29. The van der Waals surface area contributed by atoms with Gasteiger partial charge in [-0.2, -0.15) is 0 Å². The molecule has 6 heteroatoms. The first kappa shape index (κ1) is 20.7. The van der Waals surface area contributed by atoms with Gasteiger partial charge < -0.3 is 14.4 Å². The van der Waals surface area contributed by atoms with Gasteiger partial charge in [0, 0.05) is 12.6 Å². The van der Waals surface area contributed by atoms with Crippen LogP contribution in [-0.4, -0.2) is 52.3 Å². The minimum Gasteiger partial charge on any atom is -0.331 e. The molecule has 1 aliphatic rings. The van der Waals surface area contributed by atoms with Crippen molar-refractivity contribution >= 4 is 17.7 Å². The van der Waals surface area contributed by atoms with E-state index in [0.717, 1.165) is 42.6 Å². The number of carbonyl (C=O) groups excluding carboxylic acids is 1. The van der Waals surface area contributed by atoms with Crippen LogP contribution in [-0.2, 0) is 11.8 Å². The molecule has 0 radical (unpaired) electrons. The van der Waals surface area contributed by atoms with Crippen LogP contribution in [0.4, 0.5) is 0 Å². The van der Waals surface area contributed by atoms with Crippen molar-refractivity contribution in [2.75, 3.05) is 31.9 Å². The molecule has 0 saturated carbocycles. The third-order valence-corrected chi connectivity index (χ3v) is 7.04. The van der Waals surface area contributed by atoms with E-state index in [9.17, 15) is 4.79 Å². The molecule has 1 atom stereocenters. The van der Waals surface area contributed by atoms with Crippen LogP contribution < -0.4 is 4.90 Å². The molecule has 0 spiro atoms. The molecular formula is C24H29N4OS+. The molecule has 1 aromatic heterocycles. The molecule has 2 aromatic carbocycles. The summed E-state index contributed by atoms with van der Waals surface area (Å²) in [7, 11) is 2.01. The molecule has 4 rings (SSSR count). The van der Waals surface area contributed by atoms with Gasteiger partial charge >= 0.3 is 0 Å². The van der Waals surface area contributed by atoms with Crippen molar-refractivity contribution in [2.45, 2.75) is 18.1 Å². The molecule has 1 amide bonds. The zero-order valence-electron chi connectivity index (χ0n) is 17.6. The number of hydrogen-bond acceptors (Lipinski definition) is 3. The number of nitrogens with zero attached hydrogens (tertiary/aromatic N) is 3. The number of piperazine rings is 1. The Kier molecular flexibility index (Phi) is 6.55. The molecule has 1 aliphatic heterocycles. The lowest BCUT2D eigenvalue weighted by molar-refractivity contribution is -0.933. The van der Waals surface area contributed by atoms with Gasteiger partial charge in [-0.25, -0.2) is 4.98 Å². The van der Waals surface area contributed by atoms with Gasteiger partial charge in [-0.1, -0.05) is 72.4 Å². The highest BCUT2D eigenvalue weighted by molar-refractivity contribution is 7.99. The highest BCUT2D eigenvalue weighted by Gasteiger charge is 2.27. The second kappa shape index (κ2) is 9.49. The van der Waals surface area contributed by atoms with Crippen LogP contribution in [0, 0.1) is 0 Å². The smallest absolute Gasteiger partial charge is 0.233 e. The number of rotatable bonds is 6. The molecule has 0 bridgehead atoms. The summed E-state index contributed by atoms with van der Waals surface area (Å²) in [5.74, 6) is 0.638. The lowest BCUT2D eigenvalue weighted by Crippen LogP contribution is -3.14. The van der Waals surface area contributed by atoms with Crippen molar-refractivity contribution in [3.05, 3.63) is 72.4 Å². The lowest BCUT2D eigenvalue weighted by atomic mass is 10.1. The normalized spacial score (nSPS) is 15.9. The SMILES string of the molecule is C[C@@H](c1ccccc1)[NH+]1CCN(C(=O)CSc2ncc(-c3ccccc3)n2C)CC1. The van der Waals surface area contributed by atoms with Crippen molar-refractivity contribution in [3.8, 4) is 11.3 Å². The molecule has 1 saturated heterocycles. The standard InChI is InChI=1S/C24H28N4OS/c1-19(20-9-5-3-6-10-20)27-13-15-28(16-14-27)23(29)18-30-24-25-17-22(26(24)2)21-11-7-4-8-12-21/h3-12,17,19H,13-16,18H2,1-2H3/p+1/t19-/m0/s1. The Morgan fingerprint density at radius 2 is 1.70 bits per heavy atom. The molecule has 1 fully saturated rings. The van der Waals surface area contributed by atoms with Gasteiger partial charge in [0.05, 0.1) is 43.8 Å². The van der Waals surface area contributed by atoms with E-state index in [2.05, 4.69) is 58.9 Å². The fourth-order valence-electron chi connectivity index (χ4n) is 4.08. The zero-order valence-corrected chi connectivity index (χ0v) is 18.4. The number of nitrogens with one attached hydrogen (secondary N) is 1. The van der Waals surface area contributed by atoms with Crippen LogP contribution in [0.2, 0.25) is 0 Å². The number of quaternary nitrogens is 1. The van der Waals surface area contributed by atoms with E-state index in [1.54, 1.807) is 4.90 Å². The number of imidazole rings is 1. The first-order chi connectivity index (χ1) is 14.6. The molecule has 156 valence electrons. The Morgan fingerprint density at radius 1 is 1.07 bits per heavy atom. The molecule has 3 aromatic rings. The molecule has 30 heavy (non-hydrogen) atoms. The van der Waals surface area contributed by atoms with Gasteiger partial charge in [0.25, 0.3) is 0 Å². The predicted molar refractivity (Wildman–Crippen MR) is 122 cm³/mol. The third kappa shape index (κ3) is 4.60. The Labute approximate surface area is 182 Å². The second-order valence-corrected chi connectivity index (χ2v) is 8.75. The van der Waals surface area contributed by atoms with Crippen LogP contribution in [0.5, 0.6) is 0 Å². The largest absolute Gasteiger partial charge is 0.331 e. The Bertz CT molecular complexity index is 965. The number of benzene rings is 2. The van der Waals surface area contributed by atoms with E-state index >= 15 is 0 Å². The summed E-state index contributed by atoms with van der Waals surface area (Å²) in [6.45, 7) is 5.91. The molecule has 5 nitrogen and oxygen atoms in total. The van der Waals surface area contributed by atoms with Crippen LogP contribution in [0.15, 0.2) is 72.0 Å². The van der Waals surface area contributed by atoms with Crippen LogP contribution in [0.3, 0.4) is 0 Å². The topological polar surface area (TPSA) is 42.6 Å². The zero-order chi connectivity index (χ0) is 20.9. The first-order valence-corrected chi connectivity index (χ1v) is 11.5. The average Bonchev–Trinajstić information content (AvgIpc) is 3.18. The van der Waals surface area contributed by atoms with E-state index in [4.69, 9.17) is 0 Å². The van der Waals surface area contributed by atoms with E-state index in [1.165, 1.54) is 17.3 Å². The van der Waals surface area contributed by atoms with E-state index in [-0.39, 0.29) is 5.91 Å². The predicted octanol–water partition coefficient (Wildman–Crippen LogP) is 2.67. The van der Waals surface area contributed by atoms with E-state index < -0.39 is 0 Å². The number of carbonyl (C=O) groups is 1. The number of amides is 1. The maximum absolute atomic E-state index is 12.8. The summed E-state index contributed by atoms with van der Waals surface area (Å²) >= 11 is 1.52. The van der Waals surface area contributed by atoms with Crippen molar-refractivity contribution in [2.24, 2.45) is 7.05 Å². The molecule has 0 aliphatic carbocycles. The van der Waals surface area contributed by atoms with Crippen LogP contribution in [0.25, 0.3) is 11.3 Å². The summed E-state index contributed by atoms with van der Waals surface area (Å²) < 4.78 is 2.07. The summed E-state index contributed by atoms with van der Waals surface area (Å²) in [5, 5.41) is 0.879. The quantitative estimate of drug-likeness (QED) is 0.623. The fourth-order valence-corrected chi connectivity index (χ4v) is 4.93. The van der Waals surface area contributed by atoms with Gasteiger partial charge in [0.1, 0.15) is 6.04 Å². The summed E-state index contributed by atoms with van der Waals surface area (Å²) in [5.41, 5.74) is 3.57. The average molecular weight is 422 g/mol. The van der Waals surface area contributed by atoms with Crippen molar-refractivity contribution in [1.29, 1.82) is 0 Å². The summed E-state index contributed by atoms with van der Waals surface area (Å²) in [6, 6.07) is 21.3. The lowest BCUT2D eigenvalue weighted by Gasteiger charge is -2.35. The summed E-state index contributed by atoms with van der Waals surface area (Å²) in [6.07, 6.45) is 1.88. The monoisotopic (exact) mass is 421 g/mol. The maximum Gasteiger partial charge on any atom is 0.233 e. The van der Waals surface area contributed by atoms with Crippen molar-refractivity contribution in [1.82, 2.24) is 14.5 Å². The highest BCUT2D eigenvalue weighted by Crippen LogP contribution is 2.24. The van der Waals surface area contributed by atoms with Crippen LogP contribution >= 0.6 is 11.8 Å². The van der Waals surface area contributed by atoms with Gasteiger partial charge in [0.15, 0.2) is 5.16 Å². The van der Waals surface area contributed by atoms with Gasteiger partial charge in [-0.3, -0.25) is 4.79 Å². The van der Waals surface area contributed by atoms with E-state index in [0.29, 0.717) is 11.8 Å². The first-order valence-electron chi connectivity index (χ1n) is 10.5. The molecule has 1 N–H and O–H groups in total. The van der Waals surface area contributed by atoms with Crippen molar-refractivity contribution in [3.63, 3.8) is 0 Å². The highest BCUT2D eigenvalue weighted by atomic mass is 32.2. The van der Waals surface area contributed by atoms with Crippen LogP contribution in [0.1, 0.15) is 18.5 Å². The van der Waals surface area contributed by atoms with E-state index in [1.807, 2.05) is 36.3 Å². The maximum atomic E-state index is 12.8. The number of hydrogen-bond donors (Lipinski definition) is 1. The number of thioether (sulfide) groups is 1.